The van der Waals surface area contributed by atoms with Gasteiger partial charge >= 0.3 is 0 Å². The minimum Gasteiger partial charge on any atom is -0.490 e. The van der Waals surface area contributed by atoms with Gasteiger partial charge in [0.2, 0.25) is 0 Å². The number of nitrogens with one attached hydrogen (secondary N) is 2. The lowest BCUT2D eigenvalue weighted by molar-refractivity contribution is 0.101. The summed E-state index contributed by atoms with van der Waals surface area (Å²) in [6.45, 7) is 1.45. The second-order valence-electron chi connectivity index (χ2n) is 12.9. The number of ether oxygens (including phenoxy) is 4. The third kappa shape index (κ3) is 7.81. The van der Waals surface area contributed by atoms with Gasteiger partial charge in [-0.2, -0.15) is 0 Å². The Morgan fingerprint density at radius 3 is 1.33 bits per heavy atom. The van der Waals surface area contributed by atoms with Crippen LogP contribution in [0.1, 0.15) is 43.0 Å². The summed E-state index contributed by atoms with van der Waals surface area (Å²) in [6, 6.07) is 43.6. The molecule has 0 atom stereocenters. The Balaban J connectivity index is 1.22. The maximum absolute atomic E-state index is 13.6. The zero-order valence-corrected chi connectivity index (χ0v) is 33.4. The molecule has 0 bridgehead atoms. The molecular weight excluding hydrogens is 824 g/mol. The predicted octanol–water partition coefficient (Wildman–Crippen LogP) is 10.1. The molecule has 1 aliphatic carbocycles. The predicted molar refractivity (Wildman–Crippen MR) is 223 cm³/mol. The van der Waals surface area contributed by atoms with Gasteiger partial charge in [0.1, 0.15) is 24.7 Å². The Bertz CT molecular complexity index is 2160. The zero-order valence-electron chi connectivity index (χ0n) is 30.2. The van der Waals surface area contributed by atoms with Gasteiger partial charge in [0, 0.05) is 34.5 Å². The van der Waals surface area contributed by atoms with Crippen LogP contribution in [0.3, 0.4) is 0 Å². The largest absolute Gasteiger partial charge is 0.490 e. The van der Waals surface area contributed by atoms with Gasteiger partial charge in [-0.1, -0.05) is 105 Å². The highest BCUT2D eigenvalue weighted by Gasteiger charge is 2.45. The molecule has 2 N–H and O–H groups in total. The topological polar surface area (TPSA) is 95.1 Å². The molecule has 0 saturated carbocycles. The van der Waals surface area contributed by atoms with Crippen molar-refractivity contribution in [1.29, 1.82) is 0 Å². The van der Waals surface area contributed by atoms with Crippen molar-refractivity contribution in [3.63, 3.8) is 0 Å². The fourth-order valence-electron chi connectivity index (χ4n) is 7.11. The normalized spacial score (nSPS) is 12.4. The first-order valence-electron chi connectivity index (χ1n) is 17.7. The number of hydrogen-bond acceptors (Lipinski definition) is 6. The zero-order chi connectivity index (χ0) is 38.4. The Morgan fingerprint density at radius 2 is 0.927 bits per heavy atom. The Hall–Kier alpha value is -5.26. The maximum Gasteiger partial charge on any atom is 0.259 e. The van der Waals surface area contributed by atoms with E-state index in [0.29, 0.717) is 60.4 Å². The lowest BCUT2D eigenvalue weighted by Gasteiger charge is -2.34. The standard InChI is InChI=1S/C45H38Br2N2O6/c1-52-23-25-54-41-21-15-31(46)27-37(41)43(50)48-33-17-11-29(12-18-33)45(39-9-5-3-7-35(39)36-8-4-6-10-40(36)45)30-13-19-34(20-14-30)49-44(51)38-28-32(47)16-22-42(38)55-26-24-53-2/h3-22,27-28H,23-26H2,1-2H3,(H,48,50)(H,49,51). The number of carbonyl (C=O) groups is 2. The van der Waals surface area contributed by atoms with Gasteiger partial charge < -0.3 is 29.6 Å². The number of methoxy groups -OCH3 is 2. The highest BCUT2D eigenvalue weighted by molar-refractivity contribution is 9.10. The SMILES string of the molecule is COCCOc1ccc(Br)cc1C(=O)Nc1ccc(C2(c3ccc(NC(=O)c4cc(Br)ccc4OCCOC)cc3)c3ccccc3-c3ccccc32)cc1. The molecule has 10 heteroatoms. The monoisotopic (exact) mass is 860 g/mol. The highest BCUT2D eigenvalue weighted by Crippen LogP contribution is 2.56. The van der Waals surface area contributed by atoms with E-state index in [9.17, 15) is 9.59 Å². The highest BCUT2D eigenvalue weighted by atomic mass is 79.9. The fourth-order valence-corrected chi connectivity index (χ4v) is 7.83. The molecule has 0 aliphatic heterocycles. The maximum atomic E-state index is 13.6. The van der Waals surface area contributed by atoms with Crippen LogP contribution >= 0.6 is 31.9 Å². The van der Waals surface area contributed by atoms with E-state index in [1.165, 1.54) is 0 Å². The Morgan fingerprint density at radius 1 is 0.527 bits per heavy atom. The first kappa shape index (κ1) is 38.0. The molecule has 2 amide bonds. The number of amides is 2. The lowest BCUT2D eigenvalue weighted by Crippen LogP contribution is -2.28. The summed E-state index contributed by atoms with van der Waals surface area (Å²) in [4.78, 5) is 27.2. The van der Waals surface area contributed by atoms with Gasteiger partial charge in [-0.3, -0.25) is 9.59 Å². The Labute approximate surface area is 337 Å². The van der Waals surface area contributed by atoms with E-state index in [1.54, 1.807) is 38.5 Å². The molecule has 0 spiro atoms. The quantitative estimate of drug-likeness (QED) is 0.106. The molecule has 1 aliphatic rings. The number of fused-ring (bicyclic) bond motifs is 3. The molecule has 0 aromatic heterocycles. The van der Waals surface area contributed by atoms with Crippen LogP contribution in [-0.4, -0.2) is 52.5 Å². The van der Waals surface area contributed by atoms with E-state index in [2.05, 4.69) is 115 Å². The van der Waals surface area contributed by atoms with E-state index in [-0.39, 0.29) is 11.8 Å². The first-order valence-corrected chi connectivity index (χ1v) is 19.3. The molecule has 6 aromatic rings. The summed E-state index contributed by atoms with van der Waals surface area (Å²) in [5.41, 5.74) is 8.06. The average Bonchev–Trinajstić information content (AvgIpc) is 3.51. The van der Waals surface area contributed by atoms with Crippen molar-refractivity contribution in [3.05, 3.63) is 176 Å². The molecule has 0 unspecified atom stereocenters. The van der Waals surface area contributed by atoms with Crippen LogP contribution < -0.4 is 20.1 Å². The first-order chi connectivity index (χ1) is 26.8. The van der Waals surface area contributed by atoms with Gasteiger partial charge in [0.05, 0.1) is 29.8 Å². The Kier molecular flexibility index (Phi) is 11.8. The van der Waals surface area contributed by atoms with Crippen LogP contribution in [-0.2, 0) is 14.9 Å². The van der Waals surface area contributed by atoms with Crippen LogP contribution in [0.4, 0.5) is 11.4 Å². The minimum atomic E-state index is -0.683. The fraction of sp³-hybridized carbons (Fsp3) is 0.156. The van der Waals surface area contributed by atoms with E-state index in [0.717, 1.165) is 42.3 Å². The summed E-state index contributed by atoms with van der Waals surface area (Å²) in [7, 11) is 3.21. The van der Waals surface area contributed by atoms with Crippen LogP contribution in [0.2, 0.25) is 0 Å². The van der Waals surface area contributed by atoms with Gasteiger partial charge in [-0.25, -0.2) is 0 Å². The van der Waals surface area contributed by atoms with E-state index >= 15 is 0 Å². The van der Waals surface area contributed by atoms with Crippen molar-refractivity contribution in [1.82, 2.24) is 0 Å². The number of anilines is 2. The number of hydrogen-bond donors (Lipinski definition) is 2. The van der Waals surface area contributed by atoms with Crippen molar-refractivity contribution >= 4 is 55.0 Å². The van der Waals surface area contributed by atoms with Crippen molar-refractivity contribution in [3.8, 4) is 22.6 Å². The summed E-state index contributed by atoms with van der Waals surface area (Å²) in [5, 5.41) is 6.11. The molecule has 55 heavy (non-hydrogen) atoms. The molecule has 6 aromatic carbocycles. The number of rotatable bonds is 14. The molecule has 0 radical (unpaired) electrons. The third-order valence-electron chi connectivity index (χ3n) is 9.57. The number of benzene rings is 6. The second-order valence-corrected chi connectivity index (χ2v) is 14.7. The van der Waals surface area contributed by atoms with Crippen molar-refractivity contribution in [2.75, 3.05) is 51.3 Å². The third-order valence-corrected chi connectivity index (χ3v) is 10.6. The van der Waals surface area contributed by atoms with Crippen LogP contribution in [0.5, 0.6) is 11.5 Å². The second kappa shape index (κ2) is 17.0. The summed E-state index contributed by atoms with van der Waals surface area (Å²) in [5.74, 6) is 0.364. The number of halogens is 2. The molecule has 0 heterocycles. The van der Waals surface area contributed by atoms with Gasteiger partial charge in [-0.05, 0) is 94.0 Å². The van der Waals surface area contributed by atoms with Crippen molar-refractivity contribution in [2.45, 2.75) is 5.41 Å². The van der Waals surface area contributed by atoms with Crippen molar-refractivity contribution in [2.24, 2.45) is 0 Å². The van der Waals surface area contributed by atoms with Gasteiger partial charge in [-0.15, -0.1) is 0 Å². The molecule has 8 nitrogen and oxygen atoms in total. The average molecular weight is 863 g/mol. The smallest absolute Gasteiger partial charge is 0.259 e. The van der Waals surface area contributed by atoms with E-state index in [1.807, 2.05) is 36.4 Å². The minimum absolute atomic E-state index is 0.290. The van der Waals surface area contributed by atoms with Crippen LogP contribution in [0.25, 0.3) is 11.1 Å². The van der Waals surface area contributed by atoms with E-state index in [4.69, 9.17) is 18.9 Å². The van der Waals surface area contributed by atoms with Gasteiger partial charge in [0.25, 0.3) is 11.8 Å². The molecule has 278 valence electrons. The molecular formula is C45H38Br2N2O6. The van der Waals surface area contributed by atoms with Gasteiger partial charge in [0.15, 0.2) is 0 Å². The van der Waals surface area contributed by atoms with E-state index < -0.39 is 5.41 Å². The number of carbonyl (C=O) groups excluding carboxylic acids is 2. The van der Waals surface area contributed by atoms with Crippen LogP contribution in [0.15, 0.2) is 142 Å². The lowest BCUT2D eigenvalue weighted by atomic mass is 9.67. The van der Waals surface area contributed by atoms with Crippen molar-refractivity contribution < 1.29 is 28.5 Å². The van der Waals surface area contributed by atoms with Crippen LogP contribution in [0, 0.1) is 0 Å². The summed E-state index contributed by atoms with van der Waals surface area (Å²) in [6.07, 6.45) is 0. The molecule has 0 saturated heterocycles. The molecule has 0 fully saturated rings. The summed E-state index contributed by atoms with van der Waals surface area (Å²) < 4.78 is 23.5. The summed E-state index contributed by atoms with van der Waals surface area (Å²) >= 11 is 6.97. The molecule has 7 rings (SSSR count).